The van der Waals surface area contributed by atoms with Crippen LogP contribution in [0.15, 0.2) is 24.3 Å². The quantitative estimate of drug-likeness (QED) is 0.0361. The van der Waals surface area contributed by atoms with E-state index < -0.39 is 5.97 Å². The van der Waals surface area contributed by atoms with E-state index in [9.17, 15) is 14.4 Å². The Balaban J connectivity index is 4.06. The average molecular weight is 844 g/mol. The monoisotopic (exact) mass is 844 g/mol. The maximum Gasteiger partial charge on any atom is 0.322 e. The van der Waals surface area contributed by atoms with Gasteiger partial charge >= 0.3 is 11.9 Å². The summed E-state index contributed by atoms with van der Waals surface area (Å²) in [5, 5.41) is 11.1. The Hall–Kier alpha value is -2.11. The van der Waals surface area contributed by atoms with Gasteiger partial charge in [-0.1, -0.05) is 212 Å². The summed E-state index contributed by atoms with van der Waals surface area (Å²) in [5.41, 5.74) is 0. The molecule has 60 heavy (non-hydrogen) atoms. The Morgan fingerprint density at radius 1 is 0.417 bits per heavy atom. The molecular weight excluding hydrogens is 743 g/mol. The van der Waals surface area contributed by atoms with Crippen LogP contribution in [0.5, 0.6) is 0 Å². The number of carboxylic acids is 1. The third-order valence-electron chi connectivity index (χ3n) is 12.1. The lowest BCUT2D eigenvalue weighted by atomic mass is 10.0. The molecule has 0 radical (unpaired) electrons. The second kappa shape index (κ2) is 49.5. The number of esters is 1. The van der Waals surface area contributed by atoms with Gasteiger partial charge in [0, 0.05) is 12.8 Å². The Bertz CT molecular complexity index is 977. The summed E-state index contributed by atoms with van der Waals surface area (Å²) < 4.78 is 6.07. The fourth-order valence-electron chi connectivity index (χ4n) is 8.15. The molecule has 6 nitrogen and oxygen atoms in total. The molecule has 1 unspecified atom stereocenters. The van der Waals surface area contributed by atoms with E-state index in [0.29, 0.717) is 12.8 Å². The maximum atomic E-state index is 12.9. The number of aliphatic carboxylic acids is 1. The molecule has 0 aliphatic heterocycles. The predicted molar refractivity (Wildman–Crippen MR) is 259 cm³/mol. The fourth-order valence-corrected chi connectivity index (χ4v) is 8.15. The number of nitrogens with one attached hydrogen (secondary N) is 1. The Morgan fingerprint density at radius 3 is 1.08 bits per heavy atom. The Morgan fingerprint density at radius 2 is 0.717 bits per heavy atom. The van der Waals surface area contributed by atoms with Gasteiger partial charge in [0.2, 0.25) is 5.91 Å². The number of carbonyl (C=O) groups excluding carboxylic acids is 2. The topological polar surface area (TPSA) is 92.7 Å². The molecule has 0 aliphatic carbocycles. The van der Waals surface area contributed by atoms with Gasteiger partial charge in [-0.25, -0.2) is 0 Å². The van der Waals surface area contributed by atoms with Crippen molar-refractivity contribution in [1.29, 1.82) is 0 Å². The van der Waals surface area contributed by atoms with Crippen LogP contribution in [0.1, 0.15) is 290 Å². The normalized spacial score (nSPS) is 12.2. The van der Waals surface area contributed by atoms with Gasteiger partial charge in [-0.2, -0.15) is 0 Å². The molecule has 0 aromatic heterocycles. The number of amides is 1. The minimum atomic E-state index is -1.01. The van der Waals surface area contributed by atoms with Crippen molar-refractivity contribution in [1.82, 2.24) is 5.32 Å². The molecule has 1 amide bonds. The zero-order valence-electron chi connectivity index (χ0n) is 40.1. The van der Waals surface area contributed by atoms with Crippen LogP contribution in [0.4, 0.5) is 0 Å². The number of hydrogen-bond donors (Lipinski definition) is 2. The summed E-state index contributed by atoms with van der Waals surface area (Å²) in [6, 6.07) is 0. The van der Waals surface area contributed by atoms with Crippen LogP contribution in [0.3, 0.4) is 0 Å². The van der Waals surface area contributed by atoms with E-state index in [4.69, 9.17) is 9.84 Å². The van der Waals surface area contributed by atoms with Crippen LogP contribution in [0.2, 0.25) is 0 Å². The number of carboxylic acid groups (broad SMARTS) is 1. The molecule has 0 aromatic rings. The first-order valence-electron chi connectivity index (χ1n) is 26.5. The number of rotatable bonds is 49. The molecule has 0 heterocycles. The standard InChI is InChI=1S/C54H101NO5/c1-3-5-7-9-11-13-15-17-19-20-21-22-23-24-25-26-28-30-32-34-36-41-45-49-54(59)60-51(47-43-39-37-40-44-48-52(56)55-50-53(57)58)46-42-38-35-33-31-29-27-18-16-14-12-10-8-6-4-2/h20-21,29,31,51H,3-19,22-28,30,32-50H2,1-2H3,(H,55,56)(H,57,58)/b21-20-,31-29-. The third kappa shape index (κ3) is 48.6. The zero-order chi connectivity index (χ0) is 43.7. The predicted octanol–water partition coefficient (Wildman–Crippen LogP) is 17.0. The highest BCUT2D eigenvalue weighted by Gasteiger charge is 2.14. The van der Waals surface area contributed by atoms with Gasteiger partial charge in [0.05, 0.1) is 0 Å². The number of ether oxygens (including phenoxy) is 1. The van der Waals surface area contributed by atoms with Crippen molar-refractivity contribution in [3.63, 3.8) is 0 Å². The molecule has 0 saturated carbocycles. The molecule has 2 N–H and O–H groups in total. The van der Waals surface area contributed by atoms with E-state index in [-0.39, 0.29) is 24.5 Å². The van der Waals surface area contributed by atoms with Gasteiger partial charge in [-0.3, -0.25) is 14.4 Å². The van der Waals surface area contributed by atoms with Gasteiger partial charge in [0.25, 0.3) is 0 Å². The van der Waals surface area contributed by atoms with Crippen LogP contribution < -0.4 is 5.32 Å². The molecule has 352 valence electrons. The molecule has 0 aliphatic rings. The first-order chi connectivity index (χ1) is 29.5. The lowest BCUT2D eigenvalue weighted by molar-refractivity contribution is -0.150. The highest BCUT2D eigenvalue weighted by Crippen LogP contribution is 2.19. The number of hydrogen-bond acceptors (Lipinski definition) is 4. The maximum absolute atomic E-state index is 12.9. The summed E-state index contributed by atoms with van der Waals surface area (Å²) in [5.74, 6) is -1.22. The van der Waals surface area contributed by atoms with Crippen molar-refractivity contribution in [3.8, 4) is 0 Å². The number of allylic oxidation sites excluding steroid dienone is 4. The molecule has 0 saturated heterocycles. The number of unbranched alkanes of at least 4 members (excludes halogenated alkanes) is 34. The van der Waals surface area contributed by atoms with Crippen LogP contribution in [0, 0.1) is 0 Å². The van der Waals surface area contributed by atoms with Crippen LogP contribution >= 0.6 is 0 Å². The van der Waals surface area contributed by atoms with Crippen LogP contribution in [-0.4, -0.2) is 35.6 Å². The molecule has 1 atom stereocenters. The Labute approximate surface area is 373 Å². The van der Waals surface area contributed by atoms with Gasteiger partial charge in [0.1, 0.15) is 12.6 Å². The first-order valence-corrected chi connectivity index (χ1v) is 26.5. The van der Waals surface area contributed by atoms with E-state index in [1.807, 2.05) is 0 Å². The van der Waals surface area contributed by atoms with E-state index in [1.54, 1.807) is 0 Å². The fraction of sp³-hybridized carbons (Fsp3) is 0.870. The van der Waals surface area contributed by atoms with Crippen molar-refractivity contribution in [2.45, 2.75) is 296 Å². The van der Waals surface area contributed by atoms with Crippen molar-refractivity contribution in [2.24, 2.45) is 0 Å². The van der Waals surface area contributed by atoms with Gasteiger partial charge < -0.3 is 15.2 Å². The second-order valence-corrected chi connectivity index (χ2v) is 18.1. The SMILES string of the molecule is CCCCCCCCCC/C=C\CCCCCCCCCCCCCC(=O)OC(CCCCC/C=C\CCCCCCCCCC)CCCCCCCC(=O)NCC(=O)O. The number of carbonyl (C=O) groups is 3. The molecular formula is C54H101NO5. The summed E-state index contributed by atoms with van der Waals surface area (Å²) in [6.07, 6.45) is 61.9. The van der Waals surface area contributed by atoms with Gasteiger partial charge in [-0.15, -0.1) is 0 Å². The second-order valence-electron chi connectivity index (χ2n) is 18.1. The van der Waals surface area contributed by atoms with E-state index >= 15 is 0 Å². The molecule has 0 aromatic carbocycles. The highest BCUT2D eigenvalue weighted by atomic mass is 16.5. The summed E-state index contributed by atoms with van der Waals surface area (Å²) in [4.78, 5) is 35.2. The zero-order valence-corrected chi connectivity index (χ0v) is 40.1. The van der Waals surface area contributed by atoms with Crippen molar-refractivity contribution in [3.05, 3.63) is 24.3 Å². The van der Waals surface area contributed by atoms with Crippen molar-refractivity contribution < 1.29 is 24.2 Å². The summed E-state index contributed by atoms with van der Waals surface area (Å²) >= 11 is 0. The van der Waals surface area contributed by atoms with Crippen molar-refractivity contribution >= 4 is 17.8 Å². The van der Waals surface area contributed by atoms with E-state index in [2.05, 4.69) is 43.5 Å². The van der Waals surface area contributed by atoms with Gasteiger partial charge in [-0.05, 0) is 89.9 Å². The van der Waals surface area contributed by atoms with E-state index in [0.717, 1.165) is 70.6 Å². The minimum absolute atomic E-state index is 0.0119. The lowest BCUT2D eigenvalue weighted by Gasteiger charge is -2.18. The average Bonchev–Trinajstić information content (AvgIpc) is 3.24. The summed E-state index contributed by atoms with van der Waals surface area (Å²) in [7, 11) is 0. The molecule has 0 bridgehead atoms. The minimum Gasteiger partial charge on any atom is -0.480 e. The van der Waals surface area contributed by atoms with Gasteiger partial charge in [0.15, 0.2) is 0 Å². The molecule has 0 rings (SSSR count). The van der Waals surface area contributed by atoms with Crippen LogP contribution in [0.25, 0.3) is 0 Å². The van der Waals surface area contributed by atoms with E-state index in [1.165, 1.54) is 193 Å². The van der Waals surface area contributed by atoms with Crippen molar-refractivity contribution in [2.75, 3.05) is 6.54 Å². The smallest absolute Gasteiger partial charge is 0.322 e. The van der Waals surface area contributed by atoms with Crippen LogP contribution in [-0.2, 0) is 19.1 Å². The molecule has 0 fully saturated rings. The third-order valence-corrected chi connectivity index (χ3v) is 12.1. The first kappa shape index (κ1) is 57.9. The molecule has 6 heteroatoms. The largest absolute Gasteiger partial charge is 0.480 e. The lowest BCUT2D eigenvalue weighted by Crippen LogP contribution is -2.28. The molecule has 0 spiro atoms. The summed E-state index contributed by atoms with van der Waals surface area (Å²) in [6.45, 7) is 4.25. The Kier molecular flexibility index (Phi) is 47.8. The highest BCUT2D eigenvalue weighted by molar-refractivity contribution is 5.80.